The fraction of sp³-hybridized carbons (Fsp3) is 0.231. The highest BCUT2D eigenvalue weighted by Crippen LogP contribution is 2.66. The van der Waals surface area contributed by atoms with Crippen LogP contribution in [0.25, 0.3) is 0 Å². The first-order chi connectivity index (χ1) is 14.7. The molecule has 4 heteroatoms. The van der Waals surface area contributed by atoms with Crippen LogP contribution in [0.3, 0.4) is 0 Å². The van der Waals surface area contributed by atoms with Crippen LogP contribution in [-0.2, 0) is 14.3 Å². The predicted octanol–water partition coefficient (Wildman–Crippen LogP) is 4.82. The number of carbonyl (C=O) groups is 2. The molecule has 3 aromatic rings. The van der Waals surface area contributed by atoms with Gasteiger partial charge in [0.2, 0.25) is 6.10 Å². The Bertz CT molecular complexity index is 998. The quantitative estimate of drug-likeness (QED) is 0.578. The van der Waals surface area contributed by atoms with E-state index in [9.17, 15) is 9.59 Å². The summed E-state index contributed by atoms with van der Waals surface area (Å²) in [6.07, 6.45) is -0.368. The van der Waals surface area contributed by atoms with Crippen molar-refractivity contribution in [1.29, 1.82) is 0 Å². The largest absolute Gasteiger partial charge is 0.463 e. The van der Waals surface area contributed by atoms with Crippen molar-refractivity contribution in [3.05, 3.63) is 107 Å². The maximum absolute atomic E-state index is 12.4. The van der Waals surface area contributed by atoms with Gasteiger partial charge in [-0.05, 0) is 46.6 Å². The fourth-order valence-electron chi connectivity index (χ4n) is 4.53. The minimum absolute atomic E-state index is 0.305. The summed E-state index contributed by atoms with van der Waals surface area (Å²) in [4.78, 5) is 23.9. The molecular formula is C26H22O4. The second-order valence-electron chi connectivity index (χ2n) is 7.87. The second kappa shape index (κ2) is 7.79. The van der Waals surface area contributed by atoms with Crippen LogP contribution >= 0.6 is 0 Å². The Balaban J connectivity index is 1.37. The minimum Gasteiger partial charge on any atom is -0.463 e. The molecule has 1 saturated heterocycles. The van der Waals surface area contributed by atoms with E-state index in [0.717, 1.165) is 0 Å². The Morgan fingerprint density at radius 3 is 1.70 bits per heavy atom. The van der Waals surface area contributed by atoms with E-state index < -0.39 is 18.0 Å². The maximum Gasteiger partial charge on any atom is 0.347 e. The highest BCUT2D eigenvalue weighted by atomic mass is 16.6. The van der Waals surface area contributed by atoms with Gasteiger partial charge in [-0.3, -0.25) is 0 Å². The lowest BCUT2D eigenvalue weighted by atomic mass is 10.0. The third kappa shape index (κ3) is 3.50. The Kier molecular flexibility index (Phi) is 4.83. The number of hydrogen-bond acceptors (Lipinski definition) is 4. The van der Waals surface area contributed by atoms with Crippen LogP contribution < -0.4 is 0 Å². The van der Waals surface area contributed by atoms with Gasteiger partial charge in [-0.2, -0.15) is 0 Å². The zero-order valence-corrected chi connectivity index (χ0v) is 16.4. The molecule has 0 N–H and O–H groups in total. The SMILES string of the molecule is O=C(OC1CCOC1=O)c1ccc(C2C(c3ccccc3)C2c2ccccc2)cc1. The highest BCUT2D eigenvalue weighted by Gasteiger charge is 2.52. The molecule has 0 bridgehead atoms. The predicted molar refractivity (Wildman–Crippen MR) is 112 cm³/mol. The fourth-order valence-corrected chi connectivity index (χ4v) is 4.53. The molecule has 1 saturated carbocycles. The number of cyclic esters (lactones) is 1. The number of ether oxygens (including phenoxy) is 2. The molecule has 5 rings (SSSR count). The summed E-state index contributed by atoms with van der Waals surface area (Å²) < 4.78 is 10.1. The van der Waals surface area contributed by atoms with Gasteiger partial charge in [0.05, 0.1) is 12.2 Å². The average Bonchev–Trinajstić information content (AvgIpc) is 3.43. The topological polar surface area (TPSA) is 52.6 Å². The van der Waals surface area contributed by atoms with E-state index in [4.69, 9.17) is 9.47 Å². The second-order valence-corrected chi connectivity index (χ2v) is 7.87. The Hall–Kier alpha value is -3.40. The first-order valence-electron chi connectivity index (χ1n) is 10.3. The van der Waals surface area contributed by atoms with E-state index in [1.807, 2.05) is 24.3 Å². The molecule has 2 fully saturated rings. The van der Waals surface area contributed by atoms with Crippen LogP contribution in [0.1, 0.15) is 51.2 Å². The Morgan fingerprint density at radius 2 is 1.23 bits per heavy atom. The van der Waals surface area contributed by atoms with Crippen LogP contribution in [0.4, 0.5) is 0 Å². The number of rotatable bonds is 5. The Morgan fingerprint density at radius 1 is 0.733 bits per heavy atom. The van der Waals surface area contributed by atoms with Crippen molar-refractivity contribution in [2.75, 3.05) is 6.61 Å². The Labute approximate surface area is 175 Å². The first-order valence-corrected chi connectivity index (χ1v) is 10.3. The van der Waals surface area contributed by atoms with Crippen molar-refractivity contribution in [3.8, 4) is 0 Å². The van der Waals surface area contributed by atoms with Crippen LogP contribution in [0, 0.1) is 0 Å². The minimum atomic E-state index is -0.787. The molecule has 0 aromatic heterocycles. The molecule has 3 unspecified atom stereocenters. The maximum atomic E-state index is 12.4. The molecule has 2 aliphatic rings. The molecule has 1 aliphatic heterocycles. The van der Waals surface area contributed by atoms with Gasteiger partial charge in [-0.15, -0.1) is 0 Å². The molecule has 0 amide bonds. The van der Waals surface area contributed by atoms with E-state index in [2.05, 4.69) is 48.5 Å². The van der Waals surface area contributed by atoms with Crippen molar-refractivity contribution < 1.29 is 19.1 Å². The van der Waals surface area contributed by atoms with E-state index in [0.29, 0.717) is 36.3 Å². The molecule has 30 heavy (non-hydrogen) atoms. The van der Waals surface area contributed by atoms with E-state index in [-0.39, 0.29) is 0 Å². The summed E-state index contributed by atoms with van der Waals surface area (Å²) in [5.41, 5.74) is 4.32. The molecule has 1 aliphatic carbocycles. The van der Waals surface area contributed by atoms with Crippen molar-refractivity contribution in [3.63, 3.8) is 0 Å². The summed E-state index contributed by atoms with van der Waals surface area (Å²) >= 11 is 0. The van der Waals surface area contributed by atoms with Crippen LogP contribution in [-0.4, -0.2) is 24.6 Å². The summed E-state index contributed by atoms with van der Waals surface area (Å²) in [6, 6.07) is 28.8. The molecule has 1 heterocycles. The third-order valence-corrected chi connectivity index (χ3v) is 6.06. The van der Waals surface area contributed by atoms with Crippen molar-refractivity contribution >= 4 is 11.9 Å². The van der Waals surface area contributed by atoms with Gasteiger partial charge in [0.1, 0.15) is 0 Å². The third-order valence-electron chi connectivity index (χ3n) is 6.06. The van der Waals surface area contributed by atoms with Gasteiger partial charge in [-0.1, -0.05) is 72.8 Å². The summed E-state index contributed by atoms with van der Waals surface area (Å²) in [7, 11) is 0. The molecule has 3 aromatic carbocycles. The summed E-state index contributed by atoms with van der Waals surface area (Å²) in [5, 5.41) is 0. The zero-order chi connectivity index (χ0) is 20.5. The van der Waals surface area contributed by atoms with E-state index in [1.54, 1.807) is 12.1 Å². The lowest BCUT2D eigenvalue weighted by Gasteiger charge is -2.09. The van der Waals surface area contributed by atoms with Gasteiger partial charge in [0.25, 0.3) is 0 Å². The zero-order valence-electron chi connectivity index (χ0n) is 16.4. The van der Waals surface area contributed by atoms with Crippen LogP contribution in [0.2, 0.25) is 0 Å². The van der Waals surface area contributed by atoms with Crippen LogP contribution in [0.5, 0.6) is 0 Å². The van der Waals surface area contributed by atoms with Gasteiger partial charge < -0.3 is 9.47 Å². The summed E-state index contributed by atoms with van der Waals surface area (Å²) in [6.45, 7) is 0.305. The standard InChI is InChI=1S/C26H22O4/c27-25(30-21-15-16-29-26(21)28)20-13-11-19(12-14-20)24-22(17-7-3-1-4-8-17)23(24)18-9-5-2-6-10-18/h1-14,21-24H,15-16H2. The molecule has 0 radical (unpaired) electrons. The van der Waals surface area contributed by atoms with Crippen molar-refractivity contribution in [2.45, 2.75) is 30.3 Å². The van der Waals surface area contributed by atoms with E-state index >= 15 is 0 Å². The monoisotopic (exact) mass is 398 g/mol. The molecule has 150 valence electrons. The number of esters is 2. The number of carbonyl (C=O) groups excluding carboxylic acids is 2. The lowest BCUT2D eigenvalue weighted by molar-refractivity contribution is -0.145. The number of hydrogen-bond donors (Lipinski definition) is 0. The lowest BCUT2D eigenvalue weighted by Crippen LogP contribution is -2.22. The van der Waals surface area contributed by atoms with Gasteiger partial charge in [-0.25, -0.2) is 9.59 Å². The highest BCUT2D eigenvalue weighted by molar-refractivity contribution is 5.91. The normalized spacial score (nSPS) is 24.9. The average molecular weight is 398 g/mol. The van der Waals surface area contributed by atoms with Crippen molar-refractivity contribution in [2.24, 2.45) is 0 Å². The molecule has 4 nitrogen and oxygen atoms in total. The summed E-state index contributed by atoms with van der Waals surface area (Å²) in [5.74, 6) is 0.249. The first kappa shape index (κ1) is 18.6. The van der Waals surface area contributed by atoms with Gasteiger partial charge in [0, 0.05) is 6.42 Å². The molecule has 3 atom stereocenters. The smallest absolute Gasteiger partial charge is 0.347 e. The van der Waals surface area contributed by atoms with E-state index in [1.165, 1.54) is 16.7 Å². The van der Waals surface area contributed by atoms with Crippen LogP contribution in [0.15, 0.2) is 84.9 Å². The molecule has 0 spiro atoms. The van der Waals surface area contributed by atoms with Crippen molar-refractivity contribution in [1.82, 2.24) is 0 Å². The molecular weight excluding hydrogens is 376 g/mol. The van der Waals surface area contributed by atoms with Gasteiger partial charge >= 0.3 is 11.9 Å². The number of benzene rings is 3. The van der Waals surface area contributed by atoms with Gasteiger partial charge in [0.15, 0.2) is 0 Å².